The maximum absolute atomic E-state index is 13.8. The van der Waals surface area contributed by atoms with Crippen molar-refractivity contribution < 1.29 is 17.3 Å². The molecule has 0 aliphatic carbocycles. The minimum atomic E-state index is -3.55. The molecule has 0 aliphatic heterocycles. The van der Waals surface area contributed by atoms with Crippen molar-refractivity contribution in [3.05, 3.63) is 47.1 Å². The second kappa shape index (κ2) is 5.95. The summed E-state index contributed by atoms with van der Waals surface area (Å²) in [6, 6.07) is 5.80. The van der Waals surface area contributed by atoms with E-state index in [1.807, 2.05) is 13.0 Å². The first-order valence-electron chi connectivity index (χ1n) is 6.42. The average molecular weight is 312 g/mol. The highest BCUT2D eigenvalue weighted by atomic mass is 32.2. The molecule has 0 fully saturated rings. The molecule has 21 heavy (non-hydrogen) atoms. The molecule has 0 saturated carbocycles. The fourth-order valence-corrected chi connectivity index (χ4v) is 2.69. The molecule has 7 heteroatoms. The number of aryl methyl sites for hydroxylation is 1. The van der Waals surface area contributed by atoms with Gasteiger partial charge in [0.15, 0.2) is 9.84 Å². The number of nitrogens with zero attached hydrogens (tertiary/aromatic N) is 1. The molecule has 0 radical (unpaired) electrons. The minimum Gasteiger partial charge on any atom is -0.361 e. The number of aromatic nitrogens is 1. The Labute approximate surface area is 123 Å². The normalized spacial score (nSPS) is 13.3. The fourth-order valence-electron chi connectivity index (χ4n) is 1.96. The first kappa shape index (κ1) is 15.7. The predicted octanol–water partition coefficient (Wildman–Crippen LogP) is 2.38. The highest BCUT2D eigenvalue weighted by molar-refractivity contribution is 7.90. The van der Waals surface area contributed by atoms with Gasteiger partial charge in [0, 0.05) is 24.9 Å². The number of benzene rings is 1. The number of hydrogen-bond donors (Lipinski definition) is 1. The van der Waals surface area contributed by atoms with E-state index in [0.29, 0.717) is 12.1 Å². The standard InChI is InChI=1S/C14H17FN2O3S/c1-9-6-12(17-20-9)8-16-10(2)11-4-5-14(13(15)7-11)21(3,18)19/h4-7,10,16H,8H2,1-3H3/t10-/m0/s1. The molecule has 0 bridgehead atoms. The molecule has 1 aromatic carbocycles. The van der Waals surface area contributed by atoms with Crippen LogP contribution in [0, 0.1) is 12.7 Å². The van der Waals surface area contributed by atoms with Crippen LogP contribution >= 0.6 is 0 Å². The number of rotatable bonds is 5. The van der Waals surface area contributed by atoms with Gasteiger partial charge in [0.05, 0.1) is 5.69 Å². The Morgan fingerprint density at radius 2 is 2.10 bits per heavy atom. The third-order valence-corrected chi connectivity index (χ3v) is 4.25. The Bertz CT molecular complexity index is 740. The lowest BCUT2D eigenvalue weighted by molar-refractivity contribution is 0.386. The van der Waals surface area contributed by atoms with Crippen LogP contribution in [0.3, 0.4) is 0 Å². The molecule has 2 aromatic rings. The predicted molar refractivity (Wildman–Crippen MR) is 76.0 cm³/mol. The summed E-state index contributed by atoms with van der Waals surface area (Å²) < 4.78 is 41.5. The first-order valence-corrected chi connectivity index (χ1v) is 8.31. The number of sulfone groups is 1. The molecule has 0 unspecified atom stereocenters. The molecule has 1 atom stereocenters. The highest BCUT2D eigenvalue weighted by Gasteiger charge is 2.16. The minimum absolute atomic E-state index is 0.148. The Morgan fingerprint density at radius 1 is 1.38 bits per heavy atom. The lowest BCUT2D eigenvalue weighted by atomic mass is 10.1. The van der Waals surface area contributed by atoms with Crippen molar-refractivity contribution in [2.24, 2.45) is 0 Å². The lowest BCUT2D eigenvalue weighted by Gasteiger charge is -2.14. The second-order valence-electron chi connectivity index (χ2n) is 4.99. The number of nitrogens with one attached hydrogen (secondary N) is 1. The molecular weight excluding hydrogens is 295 g/mol. The Hall–Kier alpha value is -1.73. The van der Waals surface area contributed by atoms with Crippen molar-refractivity contribution in [1.82, 2.24) is 10.5 Å². The summed E-state index contributed by atoms with van der Waals surface area (Å²) in [5.74, 6) is -0.0102. The molecule has 0 amide bonds. The van der Waals surface area contributed by atoms with Crippen LogP contribution in [-0.4, -0.2) is 19.8 Å². The summed E-state index contributed by atoms with van der Waals surface area (Å²) in [5.41, 5.74) is 1.42. The highest BCUT2D eigenvalue weighted by Crippen LogP contribution is 2.20. The molecule has 1 heterocycles. The summed E-state index contributed by atoms with van der Waals surface area (Å²) in [4.78, 5) is -0.287. The van der Waals surface area contributed by atoms with Crippen LogP contribution in [-0.2, 0) is 16.4 Å². The van der Waals surface area contributed by atoms with E-state index in [1.54, 1.807) is 13.0 Å². The third kappa shape index (κ3) is 3.89. The topological polar surface area (TPSA) is 72.2 Å². The van der Waals surface area contributed by atoms with Crippen LogP contribution in [0.1, 0.15) is 30.0 Å². The zero-order valence-electron chi connectivity index (χ0n) is 12.1. The van der Waals surface area contributed by atoms with Gasteiger partial charge in [-0.05, 0) is 31.5 Å². The monoisotopic (exact) mass is 312 g/mol. The molecule has 0 aliphatic rings. The fraction of sp³-hybridized carbons (Fsp3) is 0.357. The zero-order valence-corrected chi connectivity index (χ0v) is 12.9. The van der Waals surface area contributed by atoms with Crippen LogP contribution in [0.5, 0.6) is 0 Å². The molecule has 0 spiro atoms. The summed E-state index contributed by atoms with van der Waals surface area (Å²) in [5, 5.41) is 7.03. The van der Waals surface area contributed by atoms with E-state index in [1.165, 1.54) is 12.1 Å². The van der Waals surface area contributed by atoms with Crippen LogP contribution < -0.4 is 5.32 Å². The van der Waals surface area contributed by atoms with Crippen LogP contribution in [0.4, 0.5) is 4.39 Å². The van der Waals surface area contributed by atoms with Gasteiger partial charge in [-0.15, -0.1) is 0 Å². The van der Waals surface area contributed by atoms with Gasteiger partial charge in [-0.3, -0.25) is 0 Å². The van der Waals surface area contributed by atoms with E-state index in [0.717, 1.165) is 17.7 Å². The van der Waals surface area contributed by atoms with E-state index in [9.17, 15) is 12.8 Å². The Kier molecular flexibility index (Phi) is 4.43. The van der Waals surface area contributed by atoms with Gasteiger partial charge < -0.3 is 9.84 Å². The molecule has 1 aromatic heterocycles. The van der Waals surface area contributed by atoms with Gasteiger partial charge in [-0.1, -0.05) is 11.2 Å². The molecule has 1 N–H and O–H groups in total. The van der Waals surface area contributed by atoms with Gasteiger partial charge in [0.2, 0.25) is 0 Å². The first-order chi connectivity index (χ1) is 9.77. The second-order valence-corrected chi connectivity index (χ2v) is 6.98. The summed E-state index contributed by atoms with van der Waals surface area (Å²) in [7, 11) is -3.55. The quantitative estimate of drug-likeness (QED) is 0.917. The SMILES string of the molecule is Cc1cc(CN[C@@H](C)c2ccc(S(C)(=O)=O)c(F)c2)no1. The Balaban J connectivity index is 2.09. The van der Waals surface area contributed by atoms with Crippen LogP contribution in [0.25, 0.3) is 0 Å². The molecule has 5 nitrogen and oxygen atoms in total. The van der Waals surface area contributed by atoms with Gasteiger partial charge in [0.25, 0.3) is 0 Å². The summed E-state index contributed by atoms with van der Waals surface area (Å²) in [6.07, 6.45) is 0.986. The van der Waals surface area contributed by atoms with Crippen molar-refractivity contribution in [2.45, 2.75) is 31.3 Å². The third-order valence-electron chi connectivity index (χ3n) is 3.12. The van der Waals surface area contributed by atoms with Crippen molar-refractivity contribution in [1.29, 1.82) is 0 Å². The van der Waals surface area contributed by atoms with Gasteiger partial charge in [-0.2, -0.15) is 0 Å². The smallest absolute Gasteiger partial charge is 0.178 e. The number of halogens is 1. The van der Waals surface area contributed by atoms with Crippen LogP contribution in [0.2, 0.25) is 0 Å². The van der Waals surface area contributed by atoms with Crippen molar-refractivity contribution in [3.8, 4) is 0 Å². The zero-order chi connectivity index (χ0) is 15.6. The number of hydrogen-bond acceptors (Lipinski definition) is 5. The van der Waals surface area contributed by atoms with Crippen molar-refractivity contribution in [2.75, 3.05) is 6.26 Å². The lowest BCUT2D eigenvalue weighted by Crippen LogP contribution is -2.18. The molecular formula is C14H17FN2O3S. The van der Waals surface area contributed by atoms with Crippen molar-refractivity contribution >= 4 is 9.84 Å². The molecule has 114 valence electrons. The van der Waals surface area contributed by atoms with E-state index >= 15 is 0 Å². The van der Waals surface area contributed by atoms with E-state index in [-0.39, 0.29) is 10.9 Å². The Morgan fingerprint density at radius 3 is 2.62 bits per heavy atom. The van der Waals surface area contributed by atoms with Crippen LogP contribution in [0.15, 0.2) is 33.7 Å². The largest absolute Gasteiger partial charge is 0.361 e. The maximum Gasteiger partial charge on any atom is 0.178 e. The van der Waals surface area contributed by atoms with E-state index in [2.05, 4.69) is 10.5 Å². The van der Waals surface area contributed by atoms with E-state index < -0.39 is 15.7 Å². The summed E-state index contributed by atoms with van der Waals surface area (Å²) in [6.45, 7) is 4.15. The van der Waals surface area contributed by atoms with Gasteiger partial charge in [-0.25, -0.2) is 12.8 Å². The summed E-state index contributed by atoms with van der Waals surface area (Å²) >= 11 is 0. The molecule has 2 rings (SSSR count). The van der Waals surface area contributed by atoms with E-state index in [4.69, 9.17) is 4.52 Å². The van der Waals surface area contributed by atoms with Crippen molar-refractivity contribution in [3.63, 3.8) is 0 Å². The average Bonchev–Trinajstić information content (AvgIpc) is 2.80. The van der Waals surface area contributed by atoms with Gasteiger partial charge in [0.1, 0.15) is 16.5 Å². The maximum atomic E-state index is 13.8. The van der Waals surface area contributed by atoms with Gasteiger partial charge >= 0.3 is 0 Å². The molecule has 0 saturated heterocycles.